The second-order valence-electron chi connectivity index (χ2n) is 12.1. The molecule has 0 aliphatic rings. The third kappa shape index (κ3) is 4.39. The van der Waals surface area contributed by atoms with Crippen LogP contribution in [-0.4, -0.2) is 19.1 Å². The summed E-state index contributed by atoms with van der Waals surface area (Å²) >= 11 is 0. The van der Waals surface area contributed by atoms with Crippen molar-refractivity contribution in [2.45, 2.75) is 13.8 Å². The zero-order chi connectivity index (χ0) is 31.5. The van der Waals surface area contributed by atoms with Gasteiger partial charge in [-0.3, -0.25) is 14.0 Å². The van der Waals surface area contributed by atoms with Crippen molar-refractivity contribution in [3.05, 3.63) is 163 Å². The average Bonchev–Trinajstić information content (AvgIpc) is 3.61. The van der Waals surface area contributed by atoms with Crippen LogP contribution in [0.5, 0.6) is 0 Å². The molecule has 5 heteroatoms. The lowest BCUT2D eigenvalue weighted by Gasteiger charge is -2.25. The number of aryl methyl sites for hydroxylation is 2. The number of pyridine rings is 2. The van der Waals surface area contributed by atoms with Gasteiger partial charge in [0.05, 0.1) is 22.1 Å². The van der Waals surface area contributed by atoms with E-state index in [-0.39, 0.29) is 0 Å². The molecule has 5 nitrogen and oxygen atoms in total. The molecule has 9 rings (SSSR count). The molecule has 47 heavy (non-hydrogen) atoms. The molecular formula is C42H31N5. The lowest BCUT2D eigenvalue weighted by molar-refractivity contribution is 1.05. The number of rotatable bonds is 5. The Bertz CT molecular complexity index is 2560. The molecule has 0 N–H and O–H groups in total. The zero-order valence-electron chi connectivity index (χ0n) is 26.2. The topological polar surface area (TPSA) is 38.9 Å². The maximum Gasteiger partial charge on any atom is 0.140 e. The Balaban J connectivity index is 1.30. The van der Waals surface area contributed by atoms with Gasteiger partial charge in [-0.25, -0.2) is 9.97 Å². The Kier molecular flexibility index (Phi) is 6.18. The van der Waals surface area contributed by atoms with E-state index in [4.69, 9.17) is 9.97 Å². The summed E-state index contributed by atoms with van der Waals surface area (Å²) in [6.45, 7) is 4.26. The van der Waals surface area contributed by atoms with Crippen molar-refractivity contribution in [2.75, 3.05) is 4.90 Å². The molecule has 224 valence electrons. The van der Waals surface area contributed by atoms with Gasteiger partial charge in [0.25, 0.3) is 0 Å². The fraction of sp³-hybridized carbons (Fsp3) is 0.0476. The summed E-state index contributed by atoms with van der Waals surface area (Å²) in [6, 6.07) is 51.5. The minimum atomic E-state index is 0.851. The van der Waals surface area contributed by atoms with Gasteiger partial charge in [0.15, 0.2) is 0 Å². The van der Waals surface area contributed by atoms with E-state index in [9.17, 15) is 0 Å². The Labute approximate surface area is 272 Å². The maximum atomic E-state index is 5.41. The predicted octanol–water partition coefficient (Wildman–Crippen LogP) is 10.8. The lowest BCUT2D eigenvalue weighted by Crippen LogP contribution is -2.13. The van der Waals surface area contributed by atoms with E-state index in [2.05, 4.69) is 167 Å². The number of nitrogens with zero attached hydrogens (tertiary/aromatic N) is 5. The first-order chi connectivity index (χ1) is 23.1. The van der Waals surface area contributed by atoms with Crippen LogP contribution in [0, 0.1) is 13.8 Å². The van der Waals surface area contributed by atoms with E-state index in [1.807, 2.05) is 12.3 Å². The zero-order valence-corrected chi connectivity index (χ0v) is 26.2. The molecular weight excluding hydrogens is 574 g/mol. The third-order valence-corrected chi connectivity index (χ3v) is 9.04. The highest BCUT2D eigenvalue weighted by atomic mass is 15.2. The van der Waals surface area contributed by atoms with E-state index < -0.39 is 0 Å². The van der Waals surface area contributed by atoms with Crippen LogP contribution in [-0.2, 0) is 0 Å². The second kappa shape index (κ2) is 10.7. The summed E-state index contributed by atoms with van der Waals surface area (Å²) in [6.07, 6.45) is 1.89. The highest BCUT2D eigenvalue weighted by Gasteiger charge is 2.20. The Hall–Kier alpha value is -6.20. The van der Waals surface area contributed by atoms with Crippen LogP contribution >= 0.6 is 0 Å². The number of benzene rings is 5. The molecule has 0 spiro atoms. The Morgan fingerprint density at radius 2 is 1.00 bits per heavy atom. The predicted molar refractivity (Wildman–Crippen MR) is 195 cm³/mol. The van der Waals surface area contributed by atoms with Crippen LogP contribution < -0.4 is 4.90 Å². The first kappa shape index (κ1) is 27.1. The van der Waals surface area contributed by atoms with Gasteiger partial charge in [0.2, 0.25) is 0 Å². The number of fused-ring (bicyclic) bond motifs is 6. The third-order valence-electron chi connectivity index (χ3n) is 9.04. The van der Waals surface area contributed by atoms with E-state index in [1.165, 1.54) is 27.1 Å². The number of aromatic nitrogens is 4. The minimum absolute atomic E-state index is 0.851. The molecule has 4 heterocycles. The molecule has 4 aromatic heterocycles. The van der Waals surface area contributed by atoms with Gasteiger partial charge in [-0.15, -0.1) is 0 Å². The number of hydrogen-bond donors (Lipinski definition) is 0. The molecule has 0 saturated carbocycles. The van der Waals surface area contributed by atoms with Crippen molar-refractivity contribution in [3.8, 4) is 11.6 Å². The summed E-state index contributed by atoms with van der Waals surface area (Å²) < 4.78 is 4.56. The van der Waals surface area contributed by atoms with Crippen LogP contribution in [0.1, 0.15) is 11.1 Å². The van der Waals surface area contributed by atoms with Crippen LogP contribution in [0.2, 0.25) is 0 Å². The Morgan fingerprint density at radius 3 is 1.64 bits per heavy atom. The van der Waals surface area contributed by atoms with Crippen molar-refractivity contribution in [2.24, 2.45) is 0 Å². The Morgan fingerprint density at radius 1 is 0.447 bits per heavy atom. The van der Waals surface area contributed by atoms with Crippen molar-refractivity contribution in [1.29, 1.82) is 0 Å². The molecule has 9 aromatic rings. The molecule has 0 amide bonds. The molecule has 0 fully saturated rings. The second-order valence-corrected chi connectivity index (χ2v) is 12.1. The van der Waals surface area contributed by atoms with E-state index in [0.29, 0.717) is 0 Å². The van der Waals surface area contributed by atoms with Crippen LogP contribution in [0.4, 0.5) is 17.2 Å². The quantitative estimate of drug-likeness (QED) is 0.196. The maximum absolute atomic E-state index is 5.41. The minimum Gasteiger partial charge on any atom is -0.295 e. The van der Waals surface area contributed by atoms with Gasteiger partial charge in [0.1, 0.15) is 17.5 Å². The van der Waals surface area contributed by atoms with Crippen molar-refractivity contribution in [3.63, 3.8) is 0 Å². The fourth-order valence-electron chi connectivity index (χ4n) is 7.01. The molecule has 0 bridgehead atoms. The SMILES string of the molecule is Cc1ccnc(-n2c3ccccc3c3ccc(N(c4ccccc4)c4cc(C)cc(-n5c6ccccc6c6ccccc65)n4)cc32)c1. The lowest BCUT2D eigenvalue weighted by atomic mass is 10.1. The molecule has 0 atom stereocenters. The van der Waals surface area contributed by atoms with E-state index in [0.717, 1.165) is 56.5 Å². The fourth-order valence-corrected chi connectivity index (χ4v) is 7.01. The standard InChI is InChI=1S/C42H31N5/c1-28-22-23-43-40(24-28)47-38-19-11-8-16-34(38)35-21-20-31(27-39(35)47)45(30-12-4-3-5-13-30)41-25-29(2)26-42(44-41)46-36-17-9-6-14-32(36)33-15-7-10-18-37(33)46/h3-27H,1-2H3. The summed E-state index contributed by atoms with van der Waals surface area (Å²) in [5.74, 6) is 2.64. The summed E-state index contributed by atoms with van der Waals surface area (Å²) in [4.78, 5) is 12.5. The molecule has 0 saturated heterocycles. The first-order valence-corrected chi connectivity index (χ1v) is 15.9. The van der Waals surface area contributed by atoms with E-state index >= 15 is 0 Å². The number of hydrogen-bond acceptors (Lipinski definition) is 3. The highest BCUT2D eigenvalue weighted by molar-refractivity contribution is 6.11. The van der Waals surface area contributed by atoms with Gasteiger partial charge in [-0.1, -0.05) is 78.9 Å². The van der Waals surface area contributed by atoms with Crippen LogP contribution in [0.25, 0.3) is 55.2 Å². The molecule has 0 unspecified atom stereocenters. The number of anilines is 3. The normalized spacial score (nSPS) is 11.6. The summed E-state index contributed by atoms with van der Waals surface area (Å²) in [5, 5.41) is 4.82. The molecule has 0 aliphatic heterocycles. The van der Waals surface area contributed by atoms with Crippen LogP contribution in [0.3, 0.4) is 0 Å². The van der Waals surface area contributed by atoms with Crippen molar-refractivity contribution in [1.82, 2.24) is 19.1 Å². The van der Waals surface area contributed by atoms with E-state index in [1.54, 1.807) is 0 Å². The molecule has 0 aliphatic carbocycles. The average molecular weight is 606 g/mol. The molecule has 5 aromatic carbocycles. The monoisotopic (exact) mass is 605 g/mol. The smallest absolute Gasteiger partial charge is 0.140 e. The van der Waals surface area contributed by atoms with Gasteiger partial charge in [0, 0.05) is 39.1 Å². The van der Waals surface area contributed by atoms with Crippen molar-refractivity contribution < 1.29 is 0 Å². The van der Waals surface area contributed by atoms with Gasteiger partial charge < -0.3 is 0 Å². The highest BCUT2D eigenvalue weighted by Crippen LogP contribution is 2.40. The summed E-state index contributed by atoms with van der Waals surface area (Å²) in [7, 11) is 0. The largest absolute Gasteiger partial charge is 0.295 e. The van der Waals surface area contributed by atoms with Crippen molar-refractivity contribution >= 4 is 60.8 Å². The summed E-state index contributed by atoms with van der Waals surface area (Å²) in [5.41, 5.74) is 8.86. The van der Waals surface area contributed by atoms with Crippen LogP contribution in [0.15, 0.2) is 152 Å². The van der Waals surface area contributed by atoms with Gasteiger partial charge in [-0.2, -0.15) is 0 Å². The first-order valence-electron chi connectivity index (χ1n) is 15.9. The van der Waals surface area contributed by atoms with Gasteiger partial charge >= 0.3 is 0 Å². The van der Waals surface area contributed by atoms with Gasteiger partial charge in [-0.05, 0) is 91.7 Å². The number of para-hydroxylation sites is 4. The molecule has 0 radical (unpaired) electrons.